The Hall–Kier alpha value is 1.24. The minimum atomic E-state index is -1.28. The molecule has 0 unspecified atom stereocenters. The molecule has 0 spiro atoms. The smallest absolute Gasteiger partial charge is 0.150 e. The molecule has 3 heteroatoms. The zero-order chi connectivity index (χ0) is 12.3. The van der Waals surface area contributed by atoms with Crippen LogP contribution in [0.5, 0.6) is 0 Å². The number of hydrogen-bond acceptors (Lipinski definition) is 0. The molecule has 0 amide bonds. The first-order valence-electron chi connectivity index (χ1n) is 6.81. The Bertz CT molecular complexity index is 145. The Morgan fingerprint density at radius 1 is 0.750 bits per heavy atom. The second-order valence-corrected chi connectivity index (χ2v) is 13.4. The van der Waals surface area contributed by atoms with Gasteiger partial charge in [0.25, 0.3) is 0 Å². The first-order valence-corrected chi connectivity index (χ1v) is 12.6. The van der Waals surface area contributed by atoms with Crippen molar-refractivity contribution in [2.75, 3.05) is 4.43 Å². The van der Waals surface area contributed by atoms with Gasteiger partial charge in [-0.15, -0.1) is 0 Å². The standard InChI is InChI=1S/C13H28ClISi/c1-16(2,14)13-11-9-7-5-3-4-6-8-10-12-15/h3-13H2,1-2H3. The Kier molecular flexibility index (Phi) is 12.2. The van der Waals surface area contributed by atoms with E-state index in [-0.39, 0.29) is 0 Å². The maximum absolute atomic E-state index is 6.28. The van der Waals surface area contributed by atoms with Crippen molar-refractivity contribution in [2.45, 2.75) is 76.9 Å². The molecule has 0 bridgehead atoms. The minimum Gasteiger partial charge on any atom is -0.168 e. The number of hydrogen-bond donors (Lipinski definition) is 0. The third kappa shape index (κ3) is 15.2. The summed E-state index contributed by atoms with van der Waals surface area (Å²) < 4.78 is 1.33. The van der Waals surface area contributed by atoms with Gasteiger partial charge < -0.3 is 0 Å². The van der Waals surface area contributed by atoms with Crippen LogP contribution in [0.3, 0.4) is 0 Å². The molecule has 0 atom stereocenters. The Morgan fingerprint density at radius 2 is 1.12 bits per heavy atom. The Labute approximate surface area is 122 Å². The van der Waals surface area contributed by atoms with E-state index in [0.29, 0.717) is 0 Å². The lowest BCUT2D eigenvalue weighted by Crippen LogP contribution is -2.14. The van der Waals surface area contributed by atoms with Crippen LogP contribution in [-0.4, -0.2) is 11.8 Å². The second-order valence-electron chi connectivity index (χ2n) is 5.34. The molecule has 0 heterocycles. The predicted octanol–water partition coefficient (Wildman–Crippen LogP) is 6.38. The number of halogens is 2. The van der Waals surface area contributed by atoms with Crippen LogP contribution in [0.15, 0.2) is 0 Å². The molecule has 98 valence electrons. The van der Waals surface area contributed by atoms with Gasteiger partial charge in [0.05, 0.1) is 0 Å². The van der Waals surface area contributed by atoms with Gasteiger partial charge in [-0.3, -0.25) is 0 Å². The fraction of sp³-hybridized carbons (Fsp3) is 1.00. The third-order valence-electron chi connectivity index (χ3n) is 2.90. The number of alkyl halides is 1. The van der Waals surface area contributed by atoms with Gasteiger partial charge in [0.2, 0.25) is 0 Å². The average Bonchev–Trinajstić information content (AvgIpc) is 2.19. The quantitative estimate of drug-likeness (QED) is 0.129. The van der Waals surface area contributed by atoms with E-state index in [0.717, 1.165) is 0 Å². The molecule has 0 saturated carbocycles. The lowest BCUT2D eigenvalue weighted by Gasteiger charge is -2.11. The van der Waals surface area contributed by atoms with E-state index >= 15 is 0 Å². The van der Waals surface area contributed by atoms with Crippen LogP contribution in [0.25, 0.3) is 0 Å². The topological polar surface area (TPSA) is 0 Å². The number of rotatable bonds is 11. The van der Waals surface area contributed by atoms with Crippen molar-refractivity contribution < 1.29 is 0 Å². The van der Waals surface area contributed by atoms with Crippen molar-refractivity contribution in [1.29, 1.82) is 0 Å². The molecule has 0 fully saturated rings. The molecule has 0 aromatic rings. The summed E-state index contributed by atoms with van der Waals surface area (Å²) in [5.74, 6) is 0. The van der Waals surface area contributed by atoms with Crippen LogP contribution < -0.4 is 0 Å². The summed E-state index contributed by atoms with van der Waals surface area (Å²) in [6.07, 6.45) is 12.8. The van der Waals surface area contributed by atoms with Gasteiger partial charge in [0.1, 0.15) is 7.38 Å². The van der Waals surface area contributed by atoms with Gasteiger partial charge in [0.15, 0.2) is 0 Å². The van der Waals surface area contributed by atoms with E-state index in [1.54, 1.807) is 0 Å². The summed E-state index contributed by atoms with van der Waals surface area (Å²) in [7, 11) is -1.28. The van der Waals surface area contributed by atoms with Gasteiger partial charge in [-0.05, 0) is 16.9 Å². The van der Waals surface area contributed by atoms with Crippen LogP contribution in [0, 0.1) is 0 Å². The third-order valence-corrected chi connectivity index (χ3v) is 5.78. The van der Waals surface area contributed by atoms with Crippen molar-refractivity contribution in [3.63, 3.8) is 0 Å². The van der Waals surface area contributed by atoms with E-state index in [4.69, 9.17) is 11.1 Å². The molecule has 0 aliphatic rings. The highest BCUT2D eigenvalue weighted by Gasteiger charge is 2.15. The fourth-order valence-corrected chi connectivity index (χ4v) is 3.91. The highest BCUT2D eigenvalue weighted by molar-refractivity contribution is 14.1. The van der Waals surface area contributed by atoms with Gasteiger partial charge in [-0.25, -0.2) is 0 Å². The number of unbranched alkanes of at least 4 members (excludes halogenated alkanes) is 8. The van der Waals surface area contributed by atoms with Gasteiger partial charge in [-0.2, -0.15) is 11.1 Å². The first kappa shape index (κ1) is 17.2. The molecule has 0 rings (SSSR count). The van der Waals surface area contributed by atoms with E-state index in [2.05, 4.69) is 35.7 Å². The maximum Gasteiger partial charge on any atom is 0.150 e. The predicted molar refractivity (Wildman–Crippen MR) is 88.6 cm³/mol. The monoisotopic (exact) mass is 374 g/mol. The molecule has 0 saturated heterocycles. The summed E-state index contributed by atoms with van der Waals surface area (Å²) in [6.45, 7) is 4.50. The van der Waals surface area contributed by atoms with Crippen molar-refractivity contribution in [1.82, 2.24) is 0 Å². The van der Waals surface area contributed by atoms with Crippen molar-refractivity contribution in [3.05, 3.63) is 0 Å². The van der Waals surface area contributed by atoms with Crippen LogP contribution in [0.4, 0.5) is 0 Å². The van der Waals surface area contributed by atoms with Crippen LogP contribution in [0.1, 0.15) is 57.8 Å². The summed E-state index contributed by atoms with van der Waals surface area (Å²) in [5.41, 5.74) is 0. The molecule has 0 aromatic heterocycles. The van der Waals surface area contributed by atoms with Crippen molar-refractivity contribution in [3.8, 4) is 0 Å². The molecule has 16 heavy (non-hydrogen) atoms. The average molecular weight is 375 g/mol. The molecular formula is C13H28ClISi. The molecule has 0 N–H and O–H groups in total. The minimum absolute atomic E-state index is 1.28. The highest BCUT2D eigenvalue weighted by atomic mass is 127. The SMILES string of the molecule is C[Si](C)(Cl)CCCCCCCCCCCI. The van der Waals surface area contributed by atoms with E-state index in [9.17, 15) is 0 Å². The normalized spacial score (nSPS) is 12.0. The zero-order valence-corrected chi connectivity index (χ0v) is 14.9. The highest BCUT2D eigenvalue weighted by Crippen LogP contribution is 2.19. The van der Waals surface area contributed by atoms with Crippen LogP contribution in [-0.2, 0) is 0 Å². The van der Waals surface area contributed by atoms with Crippen LogP contribution in [0.2, 0.25) is 19.1 Å². The lowest BCUT2D eigenvalue weighted by atomic mass is 10.1. The summed E-state index contributed by atoms with van der Waals surface area (Å²) in [5, 5.41) is 0. The summed E-state index contributed by atoms with van der Waals surface area (Å²) in [6, 6.07) is 1.30. The first-order chi connectivity index (χ1) is 7.56. The van der Waals surface area contributed by atoms with E-state index in [1.807, 2.05) is 0 Å². The second kappa shape index (κ2) is 11.3. The summed E-state index contributed by atoms with van der Waals surface area (Å²) >= 11 is 8.75. The molecule has 0 nitrogen and oxygen atoms in total. The molecular weight excluding hydrogens is 347 g/mol. The fourth-order valence-electron chi connectivity index (χ4n) is 1.88. The molecule has 0 radical (unpaired) electrons. The largest absolute Gasteiger partial charge is 0.168 e. The van der Waals surface area contributed by atoms with Gasteiger partial charge in [-0.1, -0.05) is 87.1 Å². The summed E-state index contributed by atoms with van der Waals surface area (Å²) in [4.78, 5) is 0. The van der Waals surface area contributed by atoms with Gasteiger partial charge >= 0.3 is 0 Å². The van der Waals surface area contributed by atoms with Gasteiger partial charge in [0, 0.05) is 0 Å². The maximum atomic E-state index is 6.28. The lowest BCUT2D eigenvalue weighted by molar-refractivity contribution is 0.573. The molecule has 0 aliphatic heterocycles. The zero-order valence-electron chi connectivity index (χ0n) is 11.0. The van der Waals surface area contributed by atoms with E-state index in [1.165, 1.54) is 68.3 Å². The van der Waals surface area contributed by atoms with Crippen molar-refractivity contribution in [2.24, 2.45) is 0 Å². The van der Waals surface area contributed by atoms with Crippen molar-refractivity contribution >= 4 is 41.1 Å². The van der Waals surface area contributed by atoms with Crippen LogP contribution >= 0.6 is 33.7 Å². The molecule has 0 aromatic carbocycles. The Balaban J connectivity index is 2.99. The Morgan fingerprint density at radius 3 is 1.50 bits per heavy atom. The van der Waals surface area contributed by atoms with E-state index < -0.39 is 7.38 Å². The molecule has 0 aliphatic carbocycles.